The van der Waals surface area contributed by atoms with Gasteiger partial charge in [-0.2, -0.15) is 0 Å². The first-order valence-electron chi connectivity index (χ1n) is 7.28. The van der Waals surface area contributed by atoms with Crippen molar-refractivity contribution in [3.05, 3.63) is 29.8 Å². The Hall–Kier alpha value is -1.06. The molecule has 0 aromatic heterocycles. The van der Waals surface area contributed by atoms with Gasteiger partial charge in [-0.05, 0) is 43.5 Å². The SMILES string of the molecule is CCCNCc1ccc(OCC(O)(CC)CC)cc1. The molecule has 0 aliphatic heterocycles. The first kappa shape index (κ1) is 16.0. The molecule has 0 aliphatic rings. The minimum absolute atomic E-state index is 0.355. The standard InChI is InChI=1S/C16H27NO2/c1-4-11-17-12-14-7-9-15(10-8-14)19-13-16(18,5-2)6-3/h7-10,17-18H,4-6,11-13H2,1-3H3. The second-order valence-electron chi connectivity index (χ2n) is 5.04. The number of hydrogen-bond donors (Lipinski definition) is 2. The Kier molecular flexibility index (Phi) is 6.89. The van der Waals surface area contributed by atoms with Crippen LogP contribution in [0.4, 0.5) is 0 Å². The summed E-state index contributed by atoms with van der Waals surface area (Å²) in [6, 6.07) is 8.06. The number of rotatable bonds is 9. The van der Waals surface area contributed by atoms with Gasteiger partial charge in [-0.1, -0.05) is 32.9 Å². The highest BCUT2D eigenvalue weighted by Crippen LogP contribution is 2.18. The Morgan fingerprint density at radius 1 is 1.11 bits per heavy atom. The molecule has 0 bridgehead atoms. The zero-order valence-corrected chi connectivity index (χ0v) is 12.4. The molecule has 1 rings (SSSR count). The Bertz CT molecular complexity index is 344. The van der Waals surface area contributed by atoms with Gasteiger partial charge in [0.25, 0.3) is 0 Å². The predicted molar refractivity (Wildman–Crippen MR) is 79.5 cm³/mol. The number of ether oxygens (including phenoxy) is 1. The summed E-state index contributed by atoms with van der Waals surface area (Å²) in [6.45, 7) is 8.41. The van der Waals surface area contributed by atoms with Crippen molar-refractivity contribution < 1.29 is 9.84 Å². The van der Waals surface area contributed by atoms with Gasteiger partial charge in [-0.3, -0.25) is 0 Å². The fourth-order valence-electron chi connectivity index (χ4n) is 1.78. The molecule has 0 heterocycles. The van der Waals surface area contributed by atoms with E-state index in [4.69, 9.17) is 4.74 Å². The van der Waals surface area contributed by atoms with Crippen LogP contribution in [0.5, 0.6) is 5.75 Å². The van der Waals surface area contributed by atoms with E-state index in [-0.39, 0.29) is 0 Å². The number of benzene rings is 1. The Morgan fingerprint density at radius 2 is 1.74 bits per heavy atom. The molecule has 0 amide bonds. The van der Waals surface area contributed by atoms with E-state index >= 15 is 0 Å². The average Bonchev–Trinajstić information content (AvgIpc) is 2.46. The molecule has 2 N–H and O–H groups in total. The quantitative estimate of drug-likeness (QED) is 0.674. The van der Waals surface area contributed by atoms with Crippen LogP contribution in [0.1, 0.15) is 45.6 Å². The molecule has 1 aromatic rings. The van der Waals surface area contributed by atoms with E-state index in [2.05, 4.69) is 24.4 Å². The van der Waals surface area contributed by atoms with Gasteiger partial charge in [0.15, 0.2) is 0 Å². The smallest absolute Gasteiger partial charge is 0.119 e. The van der Waals surface area contributed by atoms with Crippen LogP contribution in [0.2, 0.25) is 0 Å². The molecule has 0 aliphatic carbocycles. The highest BCUT2D eigenvalue weighted by molar-refractivity contribution is 5.27. The third kappa shape index (κ3) is 5.62. The largest absolute Gasteiger partial charge is 0.491 e. The summed E-state index contributed by atoms with van der Waals surface area (Å²) < 4.78 is 5.66. The third-order valence-electron chi connectivity index (χ3n) is 3.50. The summed E-state index contributed by atoms with van der Waals surface area (Å²) in [4.78, 5) is 0. The summed E-state index contributed by atoms with van der Waals surface area (Å²) in [6.07, 6.45) is 2.57. The highest BCUT2D eigenvalue weighted by Gasteiger charge is 2.22. The fraction of sp³-hybridized carbons (Fsp3) is 0.625. The van der Waals surface area contributed by atoms with E-state index in [1.165, 1.54) is 5.56 Å². The lowest BCUT2D eigenvalue weighted by molar-refractivity contribution is -0.0113. The molecule has 108 valence electrons. The summed E-state index contributed by atoms with van der Waals surface area (Å²) >= 11 is 0. The van der Waals surface area contributed by atoms with Crippen LogP contribution in [0.15, 0.2) is 24.3 Å². The minimum atomic E-state index is -0.707. The van der Waals surface area contributed by atoms with Crippen molar-refractivity contribution in [3.63, 3.8) is 0 Å². The molecule has 0 atom stereocenters. The maximum Gasteiger partial charge on any atom is 0.119 e. The van der Waals surface area contributed by atoms with Gasteiger partial charge in [0.05, 0.1) is 5.60 Å². The second-order valence-corrected chi connectivity index (χ2v) is 5.04. The van der Waals surface area contributed by atoms with Crippen LogP contribution >= 0.6 is 0 Å². The van der Waals surface area contributed by atoms with Gasteiger partial charge in [0.1, 0.15) is 12.4 Å². The molecule has 0 unspecified atom stereocenters. The molecular weight excluding hydrogens is 238 g/mol. The molecule has 19 heavy (non-hydrogen) atoms. The molecule has 0 spiro atoms. The topological polar surface area (TPSA) is 41.5 Å². The van der Waals surface area contributed by atoms with Gasteiger partial charge in [0.2, 0.25) is 0 Å². The first-order chi connectivity index (χ1) is 9.13. The van der Waals surface area contributed by atoms with Crippen molar-refractivity contribution in [2.75, 3.05) is 13.2 Å². The van der Waals surface area contributed by atoms with Crippen molar-refractivity contribution in [2.45, 2.75) is 52.2 Å². The van der Waals surface area contributed by atoms with Gasteiger partial charge in [-0.15, -0.1) is 0 Å². The van der Waals surface area contributed by atoms with Crippen molar-refractivity contribution in [2.24, 2.45) is 0 Å². The second kappa shape index (κ2) is 8.18. The number of hydrogen-bond acceptors (Lipinski definition) is 3. The van der Waals surface area contributed by atoms with Gasteiger partial charge < -0.3 is 15.2 Å². The van der Waals surface area contributed by atoms with E-state index in [0.29, 0.717) is 19.4 Å². The summed E-state index contributed by atoms with van der Waals surface area (Å²) in [7, 11) is 0. The monoisotopic (exact) mass is 265 g/mol. The molecule has 1 aromatic carbocycles. The minimum Gasteiger partial charge on any atom is -0.491 e. The van der Waals surface area contributed by atoms with Crippen LogP contribution in [0, 0.1) is 0 Å². The number of nitrogens with one attached hydrogen (secondary N) is 1. The molecule has 3 heteroatoms. The lowest BCUT2D eigenvalue weighted by atomic mass is 9.99. The molecule has 3 nitrogen and oxygen atoms in total. The zero-order valence-electron chi connectivity index (χ0n) is 12.4. The third-order valence-corrected chi connectivity index (χ3v) is 3.50. The van der Waals surface area contributed by atoms with Crippen LogP contribution < -0.4 is 10.1 Å². The van der Waals surface area contributed by atoms with Gasteiger partial charge >= 0.3 is 0 Å². The van der Waals surface area contributed by atoms with E-state index in [9.17, 15) is 5.11 Å². The van der Waals surface area contributed by atoms with E-state index < -0.39 is 5.60 Å². The molecular formula is C16H27NO2. The van der Waals surface area contributed by atoms with Crippen LogP contribution in [-0.4, -0.2) is 23.9 Å². The Labute approximate surface area is 117 Å². The number of aliphatic hydroxyl groups is 1. The zero-order chi connectivity index (χ0) is 14.1. The molecule has 0 radical (unpaired) electrons. The normalized spacial score (nSPS) is 11.6. The van der Waals surface area contributed by atoms with Crippen molar-refractivity contribution >= 4 is 0 Å². The van der Waals surface area contributed by atoms with Crippen molar-refractivity contribution in [3.8, 4) is 5.75 Å². The van der Waals surface area contributed by atoms with E-state index in [1.807, 2.05) is 26.0 Å². The average molecular weight is 265 g/mol. The lowest BCUT2D eigenvalue weighted by Crippen LogP contribution is -2.34. The van der Waals surface area contributed by atoms with Crippen molar-refractivity contribution in [1.82, 2.24) is 5.32 Å². The summed E-state index contributed by atoms with van der Waals surface area (Å²) in [5.74, 6) is 0.819. The van der Waals surface area contributed by atoms with Gasteiger partial charge in [-0.25, -0.2) is 0 Å². The van der Waals surface area contributed by atoms with Gasteiger partial charge in [0, 0.05) is 6.54 Å². The van der Waals surface area contributed by atoms with Crippen LogP contribution in [-0.2, 0) is 6.54 Å². The summed E-state index contributed by atoms with van der Waals surface area (Å²) in [5, 5.41) is 13.5. The maximum absolute atomic E-state index is 10.2. The van der Waals surface area contributed by atoms with Crippen LogP contribution in [0.25, 0.3) is 0 Å². The Morgan fingerprint density at radius 3 is 2.26 bits per heavy atom. The molecule has 0 saturated carbocycles. The first-order valence-corrected chi connectivity index (χ1v) is 7.28. The van der Waals surface area contributed by atoms with Crippen molar-refractivity contribution in [1.29, 1.82) is 0 Å². The lowest BCUT2D eigenvalue weighted by Gasteiger charge is -2.25. The molecule has 0 fully saturated rings. The highest BCUT2D eigenvalue weighted by atomic mass is 16.5. The van der Waals surface area contributed by atoms with Crippen LogP contribution in [0.3, 0.4) is 0 Å². The fourth-order valence-corrected chi connectivity index (χ4v) is 1.78. The maximum atomic E-state index is 10.2. The summed E-state index contributed by atoms with van der Waals surface area (Å²) in [5.41, 5.74) is 0.545. The Balaban J connectivity index is 2.43. The predicted octanol–water partition coefficient (Wildman–Crippen LogP) is 3.12. The van der Waals surface area contributed by atoms with E-state index in [1.54, 1.807) is 0 Å². The molecule has 0 saturated heterocycles. The van der Waals surface area contributed by atoms with E-state index in [0.717, 1.165) is 25.3 Å².